The van der Waals surface area contributed by atoms with Gasteiger partial charge in [0.15, 0.2) is 0 Å². The SMILES string of the molecule is Cn1cc(C=NNC(=O)Cc2cccc3ccccc23)c2ccccc21. The predicted molar refractivity (Wildman–Crippen MR) is 106 cm³/mol. The molecule has 0 saturated carbocycles. The van der Waals surface area contributed by atoms with Crippen molar-refractivity contribution < 1.29 is 4.79 Å². The fraction of sp³-hybridized carbons (Fsp3) is 0.0909. The average Bonchev–Trinajstić information content (AvgIpc) is 2.98. The van der Waals surface area contributed by atoms with Crippen molar-refractivity contribution in [2.45, 2.75) is 6.42 Å². The number of nitrogens with zero attached hydrogens (tertiary/aromatic N) is 2. The van der Waals surface area contributed by atoms with Gasteiger partial charge in [0.05, 0.1) is 12.6 Å². The van der Waals surface area contributed by atoms with Crippen LogP contribution in [0.2, 0.25) is 0 Å². The van der Waals surface area contributed by atoms with Crippen molar-refractivity contribution in [2.24, 2.45) is 12.1 Å². The molecule has 0 bridgehead atoms. The summed E-state index contributed by atoms with van der Waals surface area (Å²) in [5.74, 6) is -0.127. The number of hydrazone groups is 1. The van der Waals surface area contributed by atoms with Crippen LogP contribution in [-0.2, 0) is 18.3 Å². The first kappa shape index (κ1) is 16.1. The van der Waals surface area contributed by atoms with E-state index in [2.05, 4.69) is 39.4 Å². The quantitative estimate of drug-likeness (QED) is 0.442. The molecule has 0 aliphatic rings. The van der Waals surface area contributed by atoms with Crippen LogP contribution >= 0.6 is 0 Å². The first-order valence-corrected chi connectivity index (χ1v) is 8.55. The van der Waals surface area contributed by atoms with Gasteiger partial charge in [-0.05, 0) is 22.4 Å². The lowest BCUT2D eigenvalue weighted by atomic mass is 10.0. The van der Waals surface area contributed by atoms with Crippen LogP contribution in [0, 0.1) is 0 Å². The number of carbonyl (C=O) groups excluding carboxylic acids is 1. The normalized spacial score (nSPS) is 11.4. The number of aromatic nitrogens is 1. The van der Waals surface area contributed by atoms with Crippen molar-refractivity contribution in [3.8, 4) is 0 Å². The van der Waals surface area contributed by atoms with Gasteiger partial charge < -0.3 is 4.57 Å². The molecule has 0 atom stereocenters. The number of nitrogens with one attached hydrogen (secondary N) is 1. The lowest BCUT2D eigenvalue weighted by Gasteiger charge is -2.05. The van der Waals surface area contributed by atoms with E-state index in [9.17, 15) is 4.79 Å². The highest BCUT2D eigenvalue weighted by Gasteiger charge is 2.07. The summed E-state index contributed by atoms with van der Waals surface area (Å²) in [6.07, 6.45) is 4.00. The second-order valence-corrected chi connectivity index (χ2v) is 6.32. The minimum absolute atomic E-state index is 0.127. The third kappa shape index (κ3) is 3.09. The molecule has 26 heavy (non-hydrogen) atoms. The maximum Gasteiger partial charge on any atom is 0.244 e. The molecular weight excluding hydrogens is 322 g/mol. The van der Waals surface area contributed by atoms with Gasteiger partial charge in [-0.1, -0.05) is 60.7 Å². The van der Waals surface area contributed by atoms with Crippen molar-refractivity contribution in [1.29, 1.82) is 0 Å². The molecule has 0 aliphatic heterocycles. The second-order valence-electron chi connectivity index (χ2n) is 6.32. The number of para-hydroxylation sites is 1. The minimum Gasteiger partial charge on any atom is -0.350 e. The number of rotatable bonds is 4. The average molecular weight is 341 g/mol. The summed E-state index contributed by atoms with van der Waals surface area (Å²) in [7, 11) is 2.00. The molecule has 4 rings (SSSR count). The Balaban J connectivity index is 1.49. The predicted octanol–water partition coefficient (Wildman–Crippen LogP) is 4.02. The molecule has 4 aromatic rings. The van der Waals surface area contributed by atoms with E-state index in [-0.39, 0.29) is 5.91 Å². The summed E-state index contributed by atoms with van der Waals surface area (Å²) in [5, 5.41) is 7.49. The number of hydrogen-bond acceptors (Lipinski definition) is 2. The molecule has 1 N–H and O–H groups in total. The number of aryl methyl sites for hydroxylation is 1. The van der Waals surface area contributed by atoms with Gasteiger partial charge in [0, 0.05) is 29.7 Å². The van der Waals surface area contributed by atoms with Crippen LogP contribution in [0.4, 0.5) is 0 Å². The van der Waals surface area contributed by atoms with Crippen LogP contribution in [0.1, 0.15) is 11.1 Å². The highest BCUT2D eigenvalue weighted by Crippen LogP contribution is 2.19. The summed E-state index contributed by atoms with van der Waals surface area (Å²) in [4.78, 5) is 12.3. The number of hydrogen-bond donors (Lipinski definition) is 1. The molecule has 0 fully saturated rings. The Hall–Kier alpha value is -3.40. The van der Waals surface area contributed by atoms with Crippen molar-refractivity contribution >= 4 is 33.8 Å². The van der Waals surface area contributed by atoms with Crippen LogP contribution in [0.15, 0.2) is 78.0 Å². The topological polar surface area (TPSA) is 46.4 Å². The molecule has 0 radical (unpaired) electrons. The zero-order valence-electron chi connectivity index (χ0n) is 14.5. The maximum absolute atomic E-state index is 12.3. The Morgan fingerprint density at radius 1 is 1.00 bits per heavy atom. The first-order chi connectivity index (χ1) is 12.7. The summed E-state index contributed by atoms with van der Waals surface area (Å²) in [6, 6.07) is 22.2. The largest absolute Gasteiger partial charge is 0.350 e. The fourth-order valence-electron chi connectivity index (χ4n) is 3.31. The molecular formula is C22H19N3O. The van der Waals surface area contributed by atoms with Crippen molar-refractivity contribution in [3.63, 3.8) is 0 Å². The highest BCUT2D eigenvalue weighted by molar-refractivity contribution is 5.99. The molecule has 0 saturated heterocycles. The zero-order valence-corrected chi connectivity index (χ0v) is 14.5. The maximum atomic E-state index is 12.3. The van der Waals surface area contributed by atoms with Crippen LogP contribution < -0.4 is 5.43 Å². The Kier molecular flexibility index (Phi) is 4.23. The number of amides is 1. The Bertz CT molecular complexity index is 1120. The molecule has 0 spiro atoms. The van der Waals surface area contributed by atoms with Crippen LogP contribution in [0.5, 0.6) is 0 Å². The monoisotopic (exact) mass is 341 g/mol. The summed E-state index contributed by atoms with van der Waals surface area (Å²) in [6.45, 7) is 0. The molecule has 3 aromatic carbocycles. The molecule has 1 aromatic heterocycles. The molecule has 1 heterocycles. The Labute approximate surface area is 151 Å². The van der Waals surface area contributed by atoms with E-state index >= 15 is 0 Å². The number of benzene rings is 3. The molecule has 0 aliphatic carbocycles. The third-order valence-corrected chi connectivity index (χ3v) is 4.55. The summed E-state index contributed by atoms with van der Waals surface area (Å²) in [5.41, 5.74) is 5.76. The van der Waals surface area contributed by atoms with Crippen LogP contribution in [-0.4, -0.2) is 16.7 Å². The van der Waals surface area contributed by atoms with E-state index in [1.54, 1.807) is 6.21 Å². The number of carbonyl (C=O) groups is 1. The fourth-order valence-corrected chi connectivity index (χ4v) is 3.31. The van der Waals surface area contributed by atoms with E-state index < -0.39 is 0 Å². The molecule has 1 amide bonds. The van der Waals surface area contributed by atoms with Gasteiger partial charge in [-0.2, -0.15) is 5.10 Å². The van der Waals surface area contributed by atoms with E-state index in [1.165, 1.54) is 0 Å². The minimum atomic E-state index is -0.127. The summed E-state index contributed by atoms with van der Waals surface area (Å²) >= 11 is 0. The zero-order chi connectivity index (χ0) is 17.9. The summed E-state index contributed by atoms with van der Waals surface area (Å²) < 4.78 is 2.05. The second kappa shape index (κ2) is 6.84. The Morgan fingerprint density at radius 2 is 1.73 bits per heavy atom. The van der Waals surface area contributed by atoms with Gasteiger partial charge in [0.2, 0.25) is 5.91 Å². The van der Waals surface area contributed by atoms with Gasteiger partial charge in [-0.3, -0.25) is 4.79 Å². The van der Waals surface area contributed by atoms with Gasteiger partial charge in [0.25, 0.3) is 0 Å². The molecule has 0 unspecified atom stereocenters. The smallest absolute Gasteiger partial charge is 0.244 e. The first-order valence-electron chi connectivity index (χ1n) is 8.55. The van der Waals surface area contributed by atoms with Crippen molar-refractivity contribution in [2.75, 3.05) is 0 Å². The third-order valence-electron chi connectivity index (χ3n) is 4.55. The molecule has 4 heteroatoms. The van der Waals surface area contributed by atoms with E-state index in [0.717, 1.165) is 32.8 Å². The number of fused-ring (bicyclic) bond motifs is 2. The standard InChI is InChI=1S/C22H19N3O/c1-25-15-18(20-11-4-5-12-21(20)25)14-23-24-22(26)13-17-9-6-8-16-7-2-3-10-19(16)17/h2-12,14-15H,13H2,1H3,(H,24,26). The molecule has 128 valence electrons. The van der Waals surface area contributed by atoms with Crippen LogP contribution in [0.3, 0.4) is 0 Å². The lowest BCUT2D eigenvalue weighted by molar-refractivity contribution is -0.120. The van der Waals surface area contributed by atoms with E-state index in [4.69, 9.17) is 0 Å². The highest BCUT2D eigenvalue weighted by atomic mass is 16.2. The molecule has 4 nitrogen and oxygen atoms in total. The van der Waals surface area contributed by atoms with Crippen molar-refractivity contribution in [3.05, 3.63) is 84.1 Å². The van der Waals surface area contributed by atoms with Crippen LogP contribution in [0.25, 0.3) is 21.7 Å². The van der Waals surface area contributed by atoms with Gasteiger partial charge in [-0.25, -0.2) is 5.43 Å². The van der Waals surface area contributed by atoms with Gasteiger partial charge in [-0.15, -0.1) is 0 Å². The van der Waals surface area contributed by atoms with E-state index in [0.29, 0.717) is 6.42 Å². The van der Waals surface area contributed by atoms with Gasteiger partial charge >= 0.3 is 0 Å². The lowest BCUT2D eigenvalue weighted by Crippen LogP contribution is -2.19. The van der Waals surface area contributed by atoms with E-state index in [1.807, 2.05) is 55.7 Å². The Morgan fingerprint density at radius 3 is 2.62 bits per heavy atom. The van der Waals surface area contributed by atoms with Crippen molar-refractivity contribution in [1.82, 2.24) is 9.99 Å². The van der Waals surface area contributed by atoms with Gasteiger partial charge in [0.1, 0.15) is 0 Å².